The smallest absolute Gasteiger partial charge is 0.288 e. The van der Waals surface area contributed by atoms with Gasteiger partial charge in [-0.2, -0.15) is 0 Å². The second-order valence-electron chi connectivity index (χ2n) is 14.6. The van der Waals surface area contributed by atoms with E-state index in [-0.39, 0.29) is 18.5 Å². The number of fused-ring (bicyclic) bond motifs is 2. The summed E-state index contributed by atoms with van der Waals surface area (Å²) in [5, 5.41) is 3.44. The summed E-state index contributed by atoms with van der Waals surface area (Å²) < 4.78 is 44.1. The third-order valence-corrected chi connectivity index (χ3v) is 15.1. The van der Waals surface area contributed by atoms with Gasteiger partial charge in [0.05, 0.1) is 26.4 Å². The van der Waals surface area contributed by atoms with Crippen molar-refractivity contribution in [2.45, 2.75) is 63.8 Å². The third kappa shape index (κ3) is 7.44. The zero-order valence-electron chi connectivity index (χ0n) is 31.1. The molecule has 0 radical (unpaired) electrons. The predicted octanol–water partition coefficient (Wildman–Crippen LogP) is 5.70. The van der Waals surface area contributed by atoms with Gasteiger partial charge in [-0.3, -0.25) is 4.79 Å². The fraction of sp³-hybridized carbons (Fsp3) is 0.386. The van der Waals surface area contributed by atoms with Crippen molar-refractivity contribution < 1.29 is 37.6 Å². The topological polar surface area (TPSA) is 81.7 Å². The lowest BCUT2D eigenvalue weighted by Crippen LogP contribution is -2.69. The molecule has 0 spiro atoms. The predicted molar refractivity (Wildman–Crippen MR) is 206 cm³/mol. The molecule has 0 aromatic heterocycles. The van der Waals surface area contributed by atoms with Gasteiger partial charge in [0.2, 0.25) is 0 Å². The lowest BCUT2D eigenvalue weighted by atomic mass is 9.54. The second-order valence-corrected chi connectivity index (χ2v) is 18.0. The third-order valence-electron chi connectivity index (χ3n) is 11.0. The summed E-state index contributed by atoms with van der Waals surface area (Å²) in [6, 6.07) is 39.5. The van der Waals surface area contributed by atoms with Crippen LogP contribution in [0.4, 0.5) is 0 Å². The van der Waals surface area contributed by atoms with Crippen LogP contribution in [0.1, 0.15) is 38.7 Å². The lowest BCUT2D eigenvalue weighted by molar-refractivity contribution is -0.192. The molecule has 1 saturated heterocycles. The molecule has 2 fully saturated rings. The van der Waals surface area contributed by atoms with Gasteiger partial charge in [-0.05, 0) is 71.9 Å². The van der Waals surface area contributed by atoms with Gasteiger partial charge in [0.25, 0.3) is 8.32 Å². The van der Waals surface area contributed by atoms with Crippen LogP contribution in [-0.2, 0) is 39.5 Å². The van der Waals surface area contributed by atoms with Crippen LogP contribution in [0.15, 0.2) is 127 Å². The van der Waals surface area contributed by atoms with Crippen LogP contribution in [0.5, 0.6) is 5.75 Å². The average molecular weight is 735 g/mol. The quantitative estimate of drug-likeness (QED) is 0.0667. The number of benzene rings is 4. The molecular weight excluding hydrogens is 685 g/mol. The zero-order chi connectivity index (χ0) is 36.9. The fourth-order valence-electron chi connectivity index (χ4n) is 8.71. The van der Waals surface area contributed by atoms with E-state index in [0.29, 0.717) is 32.7 Å². The minimum absolute atomic E-state index is 0.0473. The second kappa shape index (κ2) is 16.2. The van der Waals surface area contributed by atoms with Gasteiger partial charge < -0.3 is 32.8 Å². The van der Waals surface area contributed by atoms with Crippen LogP contribution < -0.4 is 20.3 Å². The molecule has 9 heteroatoms. The van der Waals surface area contributed by atoms with Crippen LogP contribution in [0, 0.1) is 11.3 Å². The van der Waals surface area contributed by atoms with E-state index in [0.717, 1.165) is 38.9 Å². The minimum atomic E-state index is -3.03. The Bertz CT molecular complexity index is 1740. The molecule has 0 amide bonds. The van der Waals surface area contributed by atoms with E-state index in [1.165, 1.54) is 0 Å². The summed E-state index contributed by atoms with van der Waals surface area (Å²) in [7, 11) is 0.240. The van der Waals surface area contributed by atoms with Crippen molar-refractivity contribution in [1.29, 1.82) is 0 Å². The van der Waals surface area contributed by atoms with Crippen molar-refractivity contribution in [2.24, 2.45) is 11.3 Å². The Morgan fingerprint density at radius 1 is 0.774 bits per heavy atom. The Morgan fingerprint density at radius 2 is 1.38 bits per heavy atom. The number of allylic oxidation sites excluding steroid dienone is 1. The van der Waals surface area contributed by atoms with Gasteiger partial charge in [0, 0.05) is 25.0 Å². The van der Waals surface area contributed by atoms with E-state index in [9.17, 15) is 0 Å². The molecule has 8 nitrogen and oxygen atoms in total. The van der Waals surface area contributed by atoms with Crippen molar-refractivity contribution in [3.05, 3.63) is 132 Å². The van der Waals surface area contributed by atoms with Crippen molar-refractivity contribution >= 4 is 29.7 Å². The number of ether oxygens (including phenoxy) is 6. The first kappa shape index (κ1) is 37.4. The molecule has 3 aliphatic rings. The van der Waals surface area contributed by atoms with Crippen molar-refractivity contribution in [3.8, 4) is 5.75 Å². The normalized spacial score (nSPS) is 25.0. The van der Waals surface area contributed by atoms with Crippen LogP contribution in [0.3, 0.4) is 0 Å². The number of methoxy groups -OCH3 is 2. The summed E-state index contributed by atoms with van der Waals surface area (Å²) in [6.07, 6.45) is 2.19. The van der Waals surface area contributed by atoms with Gasteiger partial charge in [-0.1, -0.05) is 109 Å². The minimum Gasteiger partial charge on any atom is -0.497 e. The molecule has 0 N–H and O–H groups in total. The van der Waals surface area contributed by atoms with Crippen LogP contribution in [-0.4, -0.2) is 72.4 Å². The van der Waals surface area contributed by atoms with E-state index in [2.05, 4.69) is 78.9 Å². The molecule has 0 bridgehead atoms. The largest absolute Gasteiger partial charge is 0.497 e. The summed E-state index contributed by atoms with van der Waals surface area (Å²) in [5.74, 6) is -0.440. The van der Waals surface area contributed by atoms with Crippen molar-refractivity contribution in [1.82, 2.24) is 0 Å². The number of Topliss-reactive ketones (excluding diaryl/α,β-unsaturated/α-hetero) is 1. The Hall–Kier alpha value is -3.93. The molecule has 7 rings (SSSR count). The van der Waals surface area contributed by atoms with Gasteiger partial charge in [-0.15, -0.1) is 0 Å². The highest BCUT2D eigenvalue weighted by Crippen LogP contribution is 2.55. The summed E-state index contributed by atoms with van der Waals surface area (Å²) in [5.41, 5.74) is 1.22. The highest BCUT2D eigenvalue weighted by molar-refractivity contribution is 7.07. The molecular formula is C44H50O8Si. The summed E-state index contributed by atoms with van der Waals surface area (Å²) in [4.78, 5) is 15.1. The lowest BCUT2D eigenvalue weighted by Gasteiger charge is -2.52. The number of carbonyl (C=O) groups is 1. The molecule has 1 heterocycles. The molecule has 2 aliphatic carbocycles. The molecule has 53 heavy (non-hydrogen) atoms. The Kier molecular flexibility index (Phi) is 11.4. The standard InChI is InChI=1S/C44H50O8Si/c1-43(2)51-40-39(49-31-46-3)38-33(30-48-29-32-22-24-34(47-4)25-23-32)15-14-26-44(38,42(45)41(40)52-43)27-28-50-53(35-16-8-5-9-17-35,36-18-10-6-11-19-36)37-20-12-7-13-21-37/h5-13,15-25,38-41H,14,26-31H2,1-4H3/t38-,39-,40-,41+,44+/m0/s1. The number of ketones is 1. The van der Waals surface area contributed by atoms with Crippen LogP contribution in [0.25, 0.3) is 0 Å². The highest BCUT2D eigenvalue weighted by Gasteiger charge is 2.65. The number of hydrogen-bond acceptors (Lipinski definition) is 8. The van der Waals surface area contributed by atoms with Gasteiger partial charge in [0.15, 0.2) is 11.6 Å². The molecule has 0 unspecified atom stereocenters. The first-order valence-electron chi connectivity index (χ1n) is 18.5. The maximum Gasteiger partial charge on any atom is 0.288 e. The Balaban J connectivity index is 1.25. The van der Waals surface area contributed by atoms with E-state index >= 15 is 4.79 Å². The molecule has 278 valence electrons. The maximum atomic E-state index is 15.1. The van der Waals surface area contributed by atoms with Crippen molar-refractivity contribution in [3.63, 3.8) is 0 Å². The molecule has 5 atom stereocenters. The SMILES string of the molecule is COCO[C@@H]1[C@@H]2OC(C)(C)O[C@H]2C(=O)[C@@]2(CCO[Si](c3ccccc3)(c3ccccc3)c3ccccc3)CCC=C(COCc3ccc(OC)cc3)[C@@H]12. The van der Waals surface area contributed by atoms with Gasteiger partial charge >= 0.3 is 0 Å². The first-order valence-corrected chi connectivity index (χ1v) is 20.4. The summed E-state index contributed by atoms with van der Waals surface area (Å²) >= 11 is 0. The van der Waals surface area contributed by atoms with E-state index in [1.54, 1.807) is 14.2 Å². The molecule has 1 aliphatic heterocycles. The zero-order valence-corrected chi connectivity index (χ0v) is 32.1. The first-order chi connectivity index (χ1) is 25.8. The van der Waals surface area contributed by atoms with Crippen LogP contribution in [0.2, 0.25) is 0 Å². The monoisotopic (exact) mass is 734 g/mol. The van der Waals surface area contributed by atoms with E-state index in [4.69, 9.17) is 32.8 Å². The maximum absolute atomic E-state index is 15.1. The number of carbonyl (C=O) groups excluding carboxylic acids is 1. The number of rotatable bonds is 15. The molecule has 4 aromatic carbocycles. The molecule has 4 aromatic rings. The average Bonchev–Trinajstić information content (AvgIpc) is 3.53. The Morgan fingerprint density at radius 3 is 1.94 bits per heavy atom. The van der Waals surface area contributed by atoms with Gasteiger partial charge in [0.1, 0.15) is 24.8 Å². The van der Waals surface area contributed by atoms with Crippen molar-refractivity contribution in [2.75, 3.05) is 34.2 Å². The highest BCUT2D eigenvalue weighted by atomic mass is 28.4. The molecule has 1 saturated carbocycles. The number of hydrogen-bond donors (Lipinski definition) is 0. The van der Waals surface area contributed by atoms with E-state index in [1.807, 2.05) is 56.3 Å². The fourth-order valence-corrected chi connectivity index (χ4v) is 12.6. The van der Waals surface area contributed by atoms with E-state index < -0.39 is 37.8 Å². The van der Waals surface area contributed by atoms with Crippen LogP contribution >= 0.6 is 0 Å². The Labute approximate surface area is 314 Å². The summed E-state index contributed by atoms with van der Waals surface area (Å²) in [6.45, 7) is 4.89. The van der Waals surface area contributed by atoms with Gasteiger partial charge in [-0.25, -0.2) is 0 Å².